The highest BCUT2D eigenvalue weighted by molar-refractivity contribution is 9.10. The van der Waals surface area contributed by atoms with E-state index in [2.05, 4.69) is 31.8 Å². The highest BCUT2D eigenvalue weighted by atomic mass is 79.9. The van der Waals surface area contributed by atoms with Crippen LogP contribution in [0.25, 0.3) is 0 Å². The monoisotopic (exact) mass is 665 g/mol. The van der Waals surface area contributed by atoms with E-state index in [1.54, 1.807) is 60.7 Å². The summed E-state index contributed by atoms with van der Waals surface area (Å²) in [5.74, 6) is -0.520. The number of amides is 2. The van der Waals surface area contributed by atoms with Crippen molar-refractivity contribution in [3.63, 3.8) is 0 Å². The van der Waals surface area contributed by atoms with Gasteiger partial charge >= 0.3 is 5.97 Å². The van der Waals surface area contributed by atoms with Gasteiger partial charge < -0.3 is 24.3 Å². The molecule has 2 N–H and O–H groups in total. The van der Waals surface area contributed by atoms with Gasteiger partial charge in [0.25, 0.3) is 11.8 Å². The van der Waals surface area contributed by atoms with Crippen molar-refractivity contribution in [3.8, 4) is 23.0 Å². The number of anilines is 1. The summed E-state index contributed by atoms with van der Waals surface area (Å²) >= 11 is 9.28. The number of esters is 1. The summed E-state index contributed by atoms with van der Waals surface area (Å²) in [5.41, 5.74) is 3.80. The number of carbonyl (C=O) groups excluding carboxylic acids is 3. The number of nitrogens with zero attached hydrogens (tertiary/aromatic N) is 1. The Hall–Kier alpha value is -4.87. The number of rotatable bonds is 10. The van der Waals surface area contributed by atoms with Crippen LogP contribution in [-0.4, -0.2) is 45.3 Å². The quantitative estimate of drug-likeness (QED) is 0.0873. The first-order valence-electron chi connectivity index (χ1n) is 12.5. The number of hydrogen-bond acceptors (Lipinski definition) is 8. The molecule has 0 atom stereocenters. The van der Waals surface area contributed by atoms with E-state index in [0.29, 0.717) is 37.9 Å². The molecule has 0 unspecified atom stereocenters. The highest BCUT2D eigenvalue weighted by Crippen LogP contribution is 2.38. The van der Waals surface area contributed by atoms with E-state index in [1.807, 2.05) is 0 Å². The third-order valence-electron chi connectivity index (χ3n) is 5.97. The van der Waals surface area contributed by atoms with Crippen molar-refractivity contribution < 1.29 is 33.3 Å². The zero-order valence-electron chi connectivity index (χ0n) is 23.1. The van der Waals surface area contributed by atoms with E-state index in [0.717, 1.165) is 0 Å². The van der Waals surface area contributed by atoms with E-state index < -0.39 is 17.8 Å². The van der Waals surface area contributed by atoms with Crippen molar-refractivity contribution in [1.82, 2.24) is 5.43 Å². The fourth-order valence-electron chi connectivity index (χ4n) is 3.88. The van der Waals surface area contributed by atoms with Gasteiger partial charge in [0.1, 0.15) is 5.75 Å². The lowest BCUT2D eigenvalue weighted by atomic mass is 10.1. The smallest absolute Gasteiger partial charge is 0.343 e. The number of methoxy groups -OCH3 is 3. The molecule has 0 aliphatic heterocycles. The number of nitrogens with one attached hydrogen (secondary N) is 2. The number of para-hydroxylation sites is 1. The van der Waals surface area contributed by atoms with Gasteiger partial charge in [-0.25, -0.2) is 10.2 Å². The van der Waals surface area contributed by atoms with Crippen LogP contribution in [0.3, 0.4) is 0 Å². The topological polar surface area (TPSA) is 125 Å². The van der Waals surface area contributed by atoms with Gasteiger partial charge in [0, 0.05) is 20.6 Å². The zero-order chi connectivity index (χ0) is 30.9. The second-order valence-electron chi connectivity index (χ2n) is 8.69. The van der Waals surface area contributed by atoms with Crippen LogP contribution in [0.2, 0.25) is 5.02 Å². The summed E-state index contributed by atoms with van der Waals surface area (Å²) in [5, 5.41) is 7.27. The number of ether oxygens (including phenoxy) is 4. The Morgan fingerprint density at radius 3 is 2.12 bits per heavy atom. The largest absolute Gasteiger partial charge is 0.493 e. The van der Waals surface area contributed by atoms with E-state index in [4.69, 9.17) is 30.5 Å². The molecule has 2 amide bonds. The summed E-state index contributed by atoms with van der Waals surface area (Å²) < 4.78 is 22.2. The van der Waals surface area contributed by atoms with Crippen LogP contribution in [-0.2, 0) is 0 Å². The Balaban J connectivity index is 1.50. The average Bonchev–Trinajstić information content (AvgIpc) is 3.01. The molecule has 0 spiro atoms. The molecule has 12 heteroatoms. The lowest BCUT2D eigenvalue weighted by molar-refractivity contribution is 0.0733. The average molecular weight is 667 g/mol. The molecule has 0 aliphatic rings. The van der Waals surface area contributed by atoms with Crippen molar-refractivity contribution in [3.05, 3.63) is 111 Å². The fourth-order valence-corrected chi connectivity index (χ4v) is 4.38. The van der Waals surface area contributed by atoms with Gasteiger partial charge in [-0.2, -0.15) is 5.10 Å². The molecule has 4 aromatic rings. The maximum absolute atomic E-state index is 13.1. The third kappa shape index (κ3) is 7.70. The van der Waals surface area contributed by atoms with Gasteiger partial charge in [-0.15, -0.1) is 0 Å². The Morgan fingerprint density at radius 1 is 0.791 bits per heavy atom. The maximum Gasteiger partial charge on any atom is 0.343 e. The van der Waals surface area contributed by atoms with E-state index in [9.17, 15) is 14.4 Å². The van der Waals surface area contributed by atoms with E-state index in [-0.39, 0.29) is 22.6 Å². The minimum atomic E-state index is -0.591. The first-order chi connectivity index (χ1) is 20.7. The molecule has 0 saturated heterocycles. The molecule has 0 aliphatic carbocycles. The maximum atomic E-state index is 13.1. The fraction of sp³-hybridized carbons (Fsp3) is 0.0968. The highest BCUT2D eigenvalue weighted by Gasteiger charge is 2.19. The SMILES string of the molecule is COc1cc(C(=O)Nc2ccccc2C(=O)N/N=C\c2cc(Br)ccc2OC(=O)c2ccc(Cl)cc2)cc(OC)c1OC. The minimum absolute atomic E-state index is 0.157. The molecule has 0 heterocycles. The van der Waals surface area contributed by atoms with E-state index >= 15 is 0 Å². The minimum Gasteiger partial charge on any atom is -0.493 e. The molecular weight excluding hydrogens is 642 g/mol. The van der Waals surface area contributed by atoms with Gasteiger partial charge in [-0.1, -0.05) is 39.7 Å². The predicted octanol–water partition coefficient (Wildman–Crippen LogP) is 6.36. The van der Waals surface area contributed by atoms with Crippen molar-refractivity contribution >= 4 is 57.2 Å². The van der Waals surface area contributed by atoms with Crippen LogP contribution in [0.4, 0.5) is 5.69 Å². The zero-order valence-corrected chi connectivity index (χ0v) is 25.5. The van der Waals surface area contributed by atoms with Crippen LogP contribution in [0.1, 0.15) is 36.6 Å². The van der Waals surface area contributed by atoms with Gasteiger partial charge in [0.2, 0.25) is 5.75 Å². The summed E-state index contributed by atoms with van der Waals surface area (Å²) in [6.45, 7) is 0. The summed E-state index contributed by atoms with van der Waals surface area (Å²) in [6.07, 6.45) is 1.34. The second kappa shape index (κ2) is 14.3. The molecule has 0 fully saturated rings. The molecule has 10 nitrogen and oxygen atoms in total. The third-order valence-corrected chi connectivity index (χ3v) is 6.72. The van der Waals surface area contributed by atoms with Crippen molar-refractivity contribution in [2.45, 2.75) is 0 Å². The molecular formula is C31H25BrClN3O7. The number of carbonyl (C=O) groups is 3. The molecule has 43 heavy (non-hydrogen) atoms. The molecule has 0 aromatic heterocycles. The van der Waals surface area contributed by atoms with Gasteiger partial charge in [-0.3, -0.25) is 9.59 Å². The van der Waals surface area contributed by atoms with Crippen LogP contribution in [0.5, 0.6) is 23.0 Å². The van der Waals surface area contributed by atoms with Gasteiger partial charge in [-0.05, 0) is 66.7 Å². The molecule has 4 rings (SSSR count). The number of hydrazone groups is 1. The Morgan fingerprint density at radius 2 is 1.47 bits per heavy atom. The Kier molecular flexibility index (Phi) is 10.4. The number of halogens is 2. The van der Waals surface area contributed by atoms with Crippen molar-refractivity contribution in [2.75, 3.05) is 26.6 Å². The van der Waals surface area contributed by atoms with Crippen LogP contribution in [0.15, 0.2) is 88.4 Å². The number of benzene rings is 4. The molecule has 0 saturated carbocycles. The summed E-state index contributed by atoms with van der Waals surface area (Å²) in [6, 6.07) is 20.7. The van der Waals surface area contributed by atoms with E-state index in [1.165, 1.54) is 45.7 Å². The Bertz CT molecular complexity index is 1670. The predicted molar refractivity (Wildman–Crippen MR) is 166 cm³/mol. The normalized spacial score (nSPS) is 10.6. The van der Waals surface area contributed by atoms with Crippen LogP contribution < -0.4 is 29.7 Å². The van der Waals surface area contributed by atoms with Crippen molar-refractivity contribution in [1.29, 1.82) is 0 Å². The molecule has 0 bridgehead atoms. The lowest BCUT2D eigenvalue weighted by Crippen LogP contribution is -2.21. The first-order valence-corrected chi connectivity index (χ1v) is 13.7. The standard InChI is InChI=1S/C31H25BrClN3O7/c1-40-26-15-19(16-27(41-2)28(26)42-3)29(37)35-24-7-5-4-6-23(24)30(38)36-34-17-20-14-21(32)10-13-25(20)43-31(39)18-8-11-22(33)12-9-18/h4-17H,1-3H3,(H,35,37)(H,36,38)/b34-17-. The van der Waals surface area contributed by atoms with Crippen molar-refractivity contribution in [2.24, 2.45) is 5.10 Å². The van der Waals surface area contributed by atoms with Gasteiger partial charge in [0.15, 0.2) is 11.5 Å². The number of hydrogen-bond donors (Lipinski definition) is 2. The van der Waals surface area contributed by atoms with Crippen LogP contribution in [0, 0.1) is 0 Å². The molecule has 0 radical (unpaired) electrons. The van der Waals surface area contributed by atoms with Gasteiger partial charge in [0.05, 0.1) is 44.4 Å². The summed E-state index contributed by atoms with van der Waals surface area (Å²) in [4.78, 5) is 38.8. The molecule has 4 aromatic carbocycles. The van der Waals surface area contributed by atoms with Crippen LogP contribution >= 0.6 is 27.5 Å². The second-order valence-corrected chi connectivity index (χ2v) is 10.0. The lowest BCUT2D eigenvalue weighted by Gasteiger charge is -2.15. The molecule has 220 valence electrons. The Labute approximate surface area is 260 Å². The first kappa shape index (κ1) is 31.1. The summed E-state index contributed by atoms with van der Waals surface area (Å²) in [7, 11) is 4.35.